The Morgan fingerprint density at radius 1 is 1.42 bits per heavy atom. The number of hydrogen-bond acceptors (Lipinski definition) is 3. The number of rotatable bonds is 3. The fraction of sp³-hybridized carbons (Fsp3) is 0.200. The molecule has 0 atom stereocenters. The second kappa shape index (κ2) is 5.41. The largest absolute Gasteiger partial charge is 0.443 e. The maximum atomic E-state index is 6.17. The molecule has 0 fully saturated rings. The van der Waals surface area contributed by atoms with Gasteiger partial charge in [0, 0.05) is 5.57 Å². The molecule has 0 aliphatic carbocycles. The molecule has 0 bridgehead atoms. The van der Waals surface area contributed by atoms with E-state index >= 15 is 0 Å². The van der Waals surface area contributed by atoms with E-state index in [2.05, 4.69) is 16.5 Å². The highest BCUT2D eigenvalue weighted by Gasteiger charge is 2.12. The first-order valence-corrected chi connectivity index (χ1v) is 6.34. The highest BCUT2D eigenvalue weighted by atomic mass is 35.5. The van der Waals surface area contributed by atoms with E-state index < -0.39 is 0 Å². The molecule has 2 rings (SSSR count). The minimum Gasteiger partial charge on any atom is -0.443 e. The molecule has 0 aliphatic rings. The SMILES string of the molecule is C=C/C(C)=C\C(=C/C)c1nc(Cl)c2cc(C)oc2n1. The van der Waals surface area contributed by atoms with Gasteiger partial charge in [0.1, 0.15) is 10.9 Å². The van der Waals surface area contributed by atoms with E-state index in [0.29, 0.717) is 16.7 Å². The molecule has 0 aliphatic heterocycles. The Kier molecular flexibility index (Phi) is 3.86. The molecule has 98 valence electrons. The molecule has 0 unspecified atom stereocenters. The number of hydrogen-bond donors (Lipinski definition) is 0. The number of fused-ring (bicyclic) bond motifs is 1. The summed E-state index contributed by atoms with van der Waals surface area (Å²) in [7, 11) is 0. The van der Waals surface area contributed by atoms with Crippen molar-refractivity contribution in [2.45, 2.75) is 20.8 Å². The topological polar surface area (TPSA) is 38.9 Å². The number of nitrogens with zero attached hydrogens (tertiary/aromatic N) is 2. The summed E-state index contributed by atoms with van der Waals surface area (Å²) < 4.78 is 5.51. The van der Waals surface area contributed by atoms with Crippen LogP contribution >= 0.6 is 11.6 Å². The van der Waals surface area contributed by atoms with E-state index in [0.717, 1.165) is 22.3 Å². The molecule has 0 spiro atoms. The van der Waals surface area contributed by atoms with Crippen molar-refractivity contribution < 1.29 is 4.42 Å². The third kappa shape index (κ3) is 2.76. The van der Waals surface area contributed by atoms with E-state index in [9.17, 15) is 0 Å². The summed E-state index contributed by atoms with van der Waals surface area (Å²) in [5.41, 5.74) is 2.43. The van der Waals surface area contributed by atoms with Crippen LogP contribution in [0.5, 0.6) is 0 Å². The van der Waals surface area contributed by atoms with E-state index in [-0.39, 0.29) is 0 Å². The van der Waals surface area contributed by atoms with E-state index in [1.807, 2.05) is 39.0 Å². The lowest BCUT2D eigenvalue weighted by molar-refractivity contribution is 0.566. The van der Waals surface area contributed by atoms with Crippen LogP contribution in [0.4, 0.5) is 0 Å². The van der Waals surface area contributed by atoms with Gasteiger partial charge in [-0.05, 0) is 32.9 Å². The van der Waals surface area contributed by atoms with Gasteiger partial charge in [0.15, 0.2) is 5.82 Å². The minimum atomic E-state index is 0.404. The lowest BCUT2D eigenvalue weighted by Crippen LogP contribution is -1.93. The number of halogens is 1. The highest BCUT2D eigenvalue weighted by molar-refractivity contribution is 6.34. The molecule has 0 saturated carbocycles. The normalized spacial score (nSPS) is 13.1. The molecule has 2 aromatic heterocycles. The Hall–Kier alpha value is -1.87. The summed E-state index contributed by atoms with van der Waals surface area (Å²) >= 11 is 6.17. The number of allylic oxidation sites excluding steroid dienone is 5. The summed E-state index contributed by atoms with van der Waals surface area (Å²) in [6, 6.07) is 1.83. The van der Waals surface area contributed by atoms with Crippen molar-refractivity contribution in [1.29, 1.82) is 0 Å². The summed E-state index contributed by atoms with van der Waals surface area (Å²) in [5.74, 6) is 1.32. The predicted octanol–water partition coefficient (Wildman–Crippen LogP) is 4.72. The summed E-state index contributed by atoms with van der Waals surface area (Å²) in [5, 5.41) is 1.14. The van der Waals surface area contributed by atoms with Gasteiger partial charge in [-0.1, -0.05) is 35.9 Å². The Labute approximate surface area is 117 Å². The van der Waals surface area contributed by atoms with Gasteiger partial charge >= 0.3 is 0 Å². The average molecular weight is 275 g/mol. The first-order chi connectivity index (χ1) is 9.05. The van der Waals surface area contributed by atoms with Gasteiger partial charge in [-0.3, -0.25) is 0 Å². The third-order valence-electron chi connectivity index (χ3n) is 2.74. The van der Waals surface area contributed by atoms with Gasteiger partial charge in [0.2, 0.25) is 5.71 Å². The molecule has 0 saturated heterocycles. The van der Waals surface area contributed by atoms with Crippen molar-refractivity contribution >= 4 is 28.3 Å². The molecule has 0 aromatic carbocycles. The van der Waals surface area contributed by atoms with Gasteiger partial charge in [-0.25, -0.2) is 4.98 Å². The van der Waals surface area contributed by atoms with Crippen molar-refractivity contribution in [2.75, 3.05) is 0 Å². The first kappa shape index (κ1) is 13.6. The Bertz CT molecular complexity index is 695. The van der Waals surface area contributed by atoms with Crippen LogP contribution in [0.25, 0.3) is 16.7 Å². The fourth-order valence-corrected chi connectivity index (χ4v) is 1.93. The Balaban J connectivity index is 2.59. The molecule has 2 heterocycles. The minimum absolute atomic E-state index is 0.404. The zero-order valence-corrected chi connectivity index (χ0v) is 12.0. The fourth-order valence-electron chi connectivity index (χ4n) is 1.72. The van der Waals surface area contributed by atoms with Crippen molar-refractivity contribution in [2.24, 2.45) is 0 Å². The van der Waals surface area contributed by atoms with Crippen LogP contribution in [0.3, 0.4) is 0 Å². The molecule has 2 aromatic rings. The number of aromatic nitrogens is 2. The Morgan fingerprint density at radius 2 is 2.16 bits per heavy atom. The van der Waals surface area contributed by atoms with Crippen molar-refractivity contribution in [3.63, 3.8) is 0 Å². The summed E-state index contributed by atoms with van der Waals surface area (Å²) in [4.78, 5) is 8.73. The lowest BCUT2D eigenvalue weighted by Gasteiger charge is -2.02. The first-order valence-electron chi connectivity index (χ1n) is 5.96. The Morgan fingerprint density at radius 3 is 2.79 bits per heavy atom. The van der Waals surface area contributed by atoms with Gasteiger partial charge < -0.3 is 4.42 Å². The van der Waals surface area contributed by atoms with Gasteiger partial charge in [-0.15, -0.1) is 0 Å². The van der Waals surface area contributed by atoms with Crippen LogP contribution in [-0.2, 0) is 0 Å². The molecule has 4 heteroatoms. The number of aryl methyl sites for hydroxylation is 1. The van der Waals surface area contributed by atoms with Gasteiger partial charge in [-0.2, -0.15) is 4.98 Å². The summed E-state index contributed by atoms with van der Waals surface area (Å²) in [6.07, 6.45) is 5.67. The van der Waals surface area contributed by atoms with Crippen LogP contribution < -0.4 is 0 Å². The summed E-state index contributed by atoms with van der Waals surface area (Å²) in [6.45, 7) is 9.48. The molecular formula is C15H15ClN2O. The standard InChI is InChI=1S/C15H15ClN2O/c1-5-9(3)7-11(6-2)14-17-13(16)12-8-10(4)19-15(12)18-14/h5-8H,1H2,2-4H3/b9-7-,11-6+. The molecule has 0 amide bonds. The van der Waals surface area contributed by atoms with Gasteiger partial charge in [0.05, 0.1) is 5.39 Å². The molecule has 3 nitrogen and oxygen atoms in total. The lowest BCUT2D eigenvalue weighted by atomic mass is 10.1. The molecular weight excluding hydrogens is 260 g/mol. The van der Waals surface area contributed by atoms with Crippen LogP contribution in [0, 0.1) is 6.92 Å². The second-order valence-corrected chi connectivity index (χ2v) is 4.61. The number of furan rings is 1. The van der Waals surface area contributed by atoms with Crippen LogP contribution in [0.1, 0.15) is 25.4 Å². The zero-order valence-electron chi connectivity index (χ0n) is 11.2. The van der Waals surface area contributed by atoms with E-state index in [4.69, 9.17) is 16.0 Å². The quantitative estimate of drug-likeness (QED) is 0.600. The van der Waals surface area contributed by atoms with Crippen LogP contribution in [0.2, 0.25) is 5.15 Å². The van der Waals surface area contributed by atoms with E-state index in [1.165, 1.54) is 0 Å². The van der Waals surface area contributed by atoms with Gasteiger partial charge in [0.25, 0.3) is 0 Å². The predicted molar refractivity (Wildman–Crippen MR) is 79.2 cm³/mol. The second-order valence-electron chi connectivity index (χ2n) is 4.25. The average Bonchev–Trinajstić information content (AvgIpc) is 2.76. The molecule has 0 radical (unpaired) electrons. The maximum absolute atomic E-state index is 6.17. The van der Waals surface area contributed by atoms with Crippen LogP contribution in [0.15, 0.2) is 40.9 Å². The molecule has 19 heavy (non-hydrogen) atoms. The molecule has 0 N–H and O–H groups in total. The highest BCUT2D eigenvalue weighted by Crippen LogP contribution is 2.26. The maximum Gasteiger partial charge on any atom is 0.231 e. The smallest absolute Gasteiger partial charge is 0.231 e. The van der Waals surface area contributed by atoms with E-state index in [1.54, 1.807) is 6.08 Å². The zero-order chi connectivity index (χ0) is 14.0. The third-order valence-corrected chi connectivity index (χ3v) is 3.03. The van der Waals surface area contributed by atoms with Crippen LogP contribution in [-0.4, -0.2) is 9.97 Å². The van der Waals surface area contributed by atoms with Crippen molar-refractivity contribution in [1.82, 2.24) is 9.97 Å². The van der Waals surface area contributed by atoms with Crippen molar-refractivity contribution in [3.8, 4) is 0 Å². The van der Waals surface area contributed by atoms with Crippen molar-refractivity contribution in [3.05, 3.63) is 53.2 Å². The monoisotopic (exact) mass is 274 g/mol.